The molecule has 4 rings (SSSR count). The zero-order chi connectivity index (χ0) is 20.2. The SMILES string of the molecule is O=C(O)CSCC(=O)NC1COC2C(Nc3nccc(-c4ccco4)n3)COC12. The first kappa shape index (κ1) is 19.7. The Bertz CT molecular complexity index is 864. The van der Waals surface area contributed by atoms with Gasteiger partial charge in [-0.2, -0.15) is 0 Å². The van der Waals surface area contributed by atoms with Crippen LogP contribution in [0.1, 0.15) is 0 Å². The Hall–Kier alpha value is -2.63. The average Bonchev–Trinajstić information content (AvgIpc) is 3.42. The Balaban J connectivity index is 1.32. The lowest BCUT2D eigenvalue weighted by molar-refractivity contribution is -0.133. The molecule has 4 heterocycles. The van der Waals surface area contributed by atoms with Gasteiger partial charge in [-0.05, 0) is 18.2 Å². The largest absolute Gasteiger partial charge is 0.481 e. The maximum atomic E-state index is 12.0. The number of thioether (sulfide) groups is 1. The van der Waals surface area contributed by atoms with E-state index in [1.165, 1.54) is 0 Å². The first-order valence-electron chi connectivity index (χ1n) is 9.06. The molecule has 29 heavy (non-hydrogen) atoms. The van der Waals surface area contributed by atoms with Gasteiger partial charge in [0.1, 0.15) is 17.9 Å². The van der Waals surface area contributed by atoms with E-state index in [1.807, 2.05) is 6.07 Å². The summed E-state index contributed by atoms with van der Waals surface area (Å²) in [5, 5.41) is 14.7. The lowest BCUT2D eigenvalue weighted by Gasteiger charge is -2.18. The first-order valence-corrected chi connectivity index (χ1v) is 10.2. The molecule has 0 saturated carbocycles. The zero-order valence-electron chi connectivity index (χ0n) is 15.3. The highest BCUT2D eigenvalue weighted by atomic mass is 32.2. The fraction of sp³-hybridized carbons (Fsp3) is 0.444. The standard InChI is InChI=1S/C18H20N4O6S/c23-14(8-29-9-15(24)25)20-11-6-27-17-12(7-28-16(11)17)22-18-19-4-3-10(21-18)13-2-1-5-26-13/h1-5,11-12,16-17H,6-9H2,(H,20,23)(H,24,25)(H,19,21,22). The second-order valence-corrected chi connectivity index (χ2v) is 7.64. The third-order valence-electron chi connectivity index (χ3n) is 4.60. The van der Waals surface area contributed by atoms with Gasteiger partial charge in [0.25, 0.3) is 0 Å². The molecule has 0 bridgehead atoms. The second kappa shape index (κ2) is 8.80. The lowest BCUT2D eigenvalue weighted by Crippen LogP contribution is -2.45. The Morgan fingerprint density at radius 3 is 2.72 bits per heavy atom. The highest BCUT2D eigenvalue weighted by molar-refractivity contribution is 8.00. The predicted molar refractivity (Wildman–Crippen MR) is 104 cm³/mol. The highest BCUT2D eigenvalue weighted by Crippen LogP contribution is 2.29. The Morgan fingerprint density at radius 2 is 1.97 bits per heavy atom. The van der Waals surface area contributed by atoms with Gasteiger partial charge in [0.2, 0.25) is 11.9 Å². The number of carbonyl (C=O) groups is 2. The van der Waals surface area contributed by atoms with Crippen molar-refractivity contribution in [2.24, 2.45) is 0 Å². The molecule has 2 aliphatic rings. The van der Waals surface area contributed by atoms with E-state index in [0.29, 0.717) is 30.6 Å². The molecule has 0 aromatic carbocycles. The number of amides is 1. The van der Waals surface area contributed by atoms with E-state index in [9.17, 15) is 9.59 Å². The third kappa shape index (κ3) is 4.69. The minimum atomic E-state index is -0.946. The van der Waals surface area contributed by atoms with Gasteiger partial charge < -0.3 is 29.6 Å². The number of aliphatic carboxylic acids is 1. The van der Waals surface area contributed by atoms with Crippen molar-refractivity contribution in [2.75, 3.05) is 30.0 Å². The summed E-state index contributed by atoms with van der Waals surface area (Å²) < 4.78 is 17.1. The fourth-order valence-electron chi connectivity index (χ4n) is 3.38. The molecule has 10 nitrogen and oxygen atoms in total. The number of anilines is 1. The molecule has 0 spiro atoms. The van der Waals surface area contributed by atoms with Gasteiger partial charge in [-0.25, -0.2) is 9.97 Å². The number of hydrogen-bond donors (Lipinski definition) is 3. The number of carboxylic acid groups (broad SMARTS) is 1. The zero-order valence-corrected chi connectivity index (χ0v) is 16.1. The highest BCUT2D eigenvalue weighted by Gasteiger charge is 2.48. The van der Waals surface area contributed by atoms with Crippen molar-refractivity contribution in [1.29, 1.82) is 0 Å². The summed E-state index contributed by atoms with van der Waals surface area (Å²) in [5.41, 5.74) is 0.666. The quantitative estimate of drug-likeness (QED) is 0.557. The number of ether oxygens (including phenoxy) is 2. The monoisotopic (exact) mass is 420 g/mol. The molecular formula is C18H20N4O6S. The molecule has 2 fully saturated rings. The van der Waals surface area contributed by atoms with Crippen molar-refractivity contribution < 1.29 is 28.6 Å². The minimum Gasteiger partial charge on any atom is -0.481 e. The maximum absolute atomic E-state index is 12.0. The molecule has 4 atom stereocenters. The molecule has 2 aromatic heterocycles. The normalized spacial score (nSPS) is 25.5. The summed E-state index contributed by atoms with van der Waals surface area (Å²) >= 11 is 1.05. The molecule has 0 aliphatic carbocycles. The smallest absolute Gasteiger partial charge is 0.313 e. The number of carboxylic acids is 1. The van der Waals surface area contributed by atoms with Gasteiger partial charge in [-0.1, -0.05) is 0 Å². The molecule has 4 unspecified atom stereocenters. The summed E-state index contributed by atoms with van der Waals surface area (Å²) in [5.74, 6) is -0.125. The molecule has 0 radical (unpaired) electrons. The number of nitrogens with zero attached hydrogens (tertiary/aromatic N) is 2. The Morgan fingerprint density at radius 1 is 1.17 bits per heavy atom. The summed E-state index contributed by atoms with van der Waals surface area (Å²) in [7, 11) is 0. The second-order valence-electron chi connectivity index (χ2n) is 6.65. The van der Waals surface area contributed by atoms with E-state index < -0.39 is 5.97 Å². The third-order valence-corrected chi connectivity index (χ3v) is 5.52. The number of furan rings is 1. The maximum Gasteiger partial charge on any atom is 0.313 e. The topological polar surface area (TPSA) is 136 Å². The van der Waals surface area contributed by atoms with Crippen LogP contribution in [0, 0.1) is 0 Å². The van der Waals surface area contributed by atoms with Crippen LogP contribution in [0.5, 0.6) is 0 Å². The number of rotatable bonds is 8. The molecule has 154 valence electrons. The molecule has 2 aromatic rings. The van der Waals surface area contributed by atoms with E-state index in [4.69, 9.17) is 19.0 Å². The number of aromatic nitrogens is 2. The van der Waals surface area contributed by atoms with Gasteiger partial charge >= 0.3 is 5.97 Å². The summed E-state index contributed by atoms with van der Waals surface area (Å²) in [6.45, 7) is 0.722. The number of carbonyl (C=O) groups excluding carboxylic acids is 1. The van der Waals surface area contributed by atoms with E-state index in [1.54, 1.807) is 24.6 Å². The molecule has 2 aliphatic heterocycles. The van der Waals surface area contributed by atoms with Crippen molar-refractivity contribution in [2.45, 2.75) is 24.3 Å². The van der Waals surface area contributed by atoms with E-state index in [0.717, 1.165) is 11.8 Å². The molecule has 1 amide bonds. The average molecular weight is 420 g/mol. The number of hydrogen-bond acceptors (Lipinski definition) is 9. The van der Waals surface area contributed by atoms with Crippen molar-refractivity contribution in [1.82, 2.24) is 15.3 Å². The molecular weight excluding hydrogens is 400 g/mol. The van der Waals surface area contributed by atoms with Crippen LogP contribution in [0.15, 0.2) is 35.1 Å². The summed E-state index contributed by atoms with van der Waals surface area (Å²) in [4.78, 5) is 31.3. The van der Waals surface area contributed by atoms with Crippen LogP contribution < -0.4 is 10.6 Å². The van der Waals surface area contributed by atoms with Crippen LogP contribution in [0.4, 0.5) is 5.95 Å². The Kier molecular flexibility index (Phi) is 5.97. The Labute approximate surface area is 170 Å². The van der Waals surface area contributed by atoms with Crippen LogP contribution in [0.2, 0.25) is 0 Å². The van der Waals surface area contributed by atoms with Gasteiger partial charge in [-0.15, -0.1) is 11.8 Å². The lowest BCUT2D eigenvalue weighted by atomic mass is 10.1. The van der Waals surface area contributed by atoms with Crippen LogP contribution in [0.25, 0.3) is 11.5 Å². The molecule has 3 N–H and O–H groups in total. The van der Waals surface area contributed by atoms with Crippen LogP contribution in [0.3, 0.4) is 0 Å². The van der Waals surface area contributed by atoms with E-state index in [2.05, 4.69) is 20.6 Å². The van der Waals surface area contributed by atoms with Gasteiger partial charge in [0.05, 0.1) is 43.1 Å². The predicted octanol–water partition coefficient (Wildman–Crippen LogP) is 0.617. The van der Waals surface area contributed by atoms with Gasteiger partial charge in [0, 0.05) is 6.20 Å². The summed E-state index contributed by atoms with van der Waals surface area (Å²) in [6, 6.07) is 4.94. The van der Waals surface area contributed by atoms with E-state index in [-0.39, 0.29) is 41.7 Å². The fourth-order valence-corrected chi connectivity index (χ4v) is 3.93. The molecule has 2 saturated heterocycles. The van der Waals surface area contributed by atoms with Crippen molar-refractivity contribution in [3.05, 3.63) is 30.7 Å². The van der Waals surface area contributed by atoms with Gasteiger partial charge in [-0.3, -0.25) is 9.59 Å². The number of nitrogens with one attached hydrogen (secondary N) is 2. The van der Waals surface area contributed by atoms with Gasteiger partial charge in [0.15, 0.2) is 5.76 Å². The first-order chi connectivity index (χ1) is 14.1. The van der Waals surface area contributed by atoms with Crippen LogP contribution >= 0.6 is 11.8 Å². The van der Waals surface area contributed by atoms with E-state index >= 15 is 0 Å². The summed E-state index contributed by atoms with van der Waals surface area (Å²) in [6.07, 6.45) is 2.70. The van der Waals surface area contributed by atoms with Crippen molar-refractivity contribution in [3.63, 3.8) is 0 Å². The number of fused-ring (bicyclic) bond motifs is 1. The van der Waals surface area contributed by atoms with Crippen molar-refractivity contribution in [3.8, 4) is 11.5 Å². The van der Waals surface area contributed by atoms with Crippen LogP contribution in [-0.4, -0.2) is 76.0 Å². The van der Waals surface area contributed by atoms with Crippen molar-refractivity contribution >= 4 is 29.6 Å². The van der Waals surface area contributed by atoms with Crippen LogP contribution in [-0.2, 0) is 19.1 Å². The minimum absolute atomic E-state index is 0.0786. The molecule has 11 heteroatoms.